The predicted molar refractivity (Wildman–Crippen MR) is 86.2 cm³/mol. The van der Waals surface area contributed by atoms with Gasteiger partial charge in [0.25, 0.3) is 0 Å². The number of pyridine rings is 1. The maximum Gasteiger partial charge on any atom is 0.323 e. The Morgan fingerprint density at radius 1 is 1.09 bits per heavy atom. The molecule has 1 fully saturated rings. The van der Waals surface area contributed by atoms with Crippen LogP contribution < -0.4 is 15.5 Å². The number of aryl methyl sites for hydroxylation is 1. The molecule has 0 bridgehead atoms. The lowest BCUT2D eigenvalue weighted by molar-refractivity contribution is 0.262. The van der Waals surface area contributed by atoms with Crippen LogP contribution in [0.15, 0.2) is 30.7 Å². The van der Waals surface area contributed by atoms with E-state index < -0.39 is 0 Å². The van der Waals surface area contributed by atoms with E-state index in [0.717, 1.165) is 18.9 Å². The fourth-order valence-electron chi connectivity index (χ4n) is 2.55. The Morgan fingerprint density at radius 2 is 1.86 bits per heavy atom. The number of nitrogens with zero attached hydrogens (tertiary/aromatic N) is 4. The molecule has 116 valence electrons. The molecule has 0 unspecified atom stereocenters. The minimum atomic E-state index is -0.305. The summed E-state index contributed by atoms with van der Waals surface area (Å²) in [5.74, 6) is 0.970. The molecule has 7 heteroatoms. The van der Waals surface area contributed by atoms with Crippen molar-refractivity contribution in [2.75, 3.05) is 28.6 Å². The molecule has 1 aliphatic heterocycles. The van der Waals surface area contributed by atoms with E-state index >= 15 is 0 Å². The highest BCUT2D eigenvalue weighted by atomic mass is 16.2. The topological polar surface area (TPSA) is 75.1 Å². The van der Waals surface area contributed by atoms with Crippen LogP contribution in [-0.4, -0.2) is 33.9 Å². The summed E-state index contributed by atoms with van der Waals surface area (Å²) in [6, 6.07) is 3.52. The zero-order valence-corrected chi connectivity index (χ0v) is 12.6. The Balaban J connectivity index is 1.57. The first-order valence-corrected chi connectivity index (χ1v) is 7.48. The van der Waals surface area contributed by atoms with Crippen LogP contribution in [0.4, 0.5) is 22.0 Å². The summed E-state index contributed by atoms with van der Waals surface area (Å²) in [6.45, 7) is 2.11. The fraction of sp³-hybridized carbons (Fsp3) is 0.400. The first-order chi connectivity index (χ1) is 10.7. The van der Waals surface area contributed by atoms with Crippen LogP contribution in [0.2, 0.25) is 0 Å². The highest BCUT2D eigenvalue weighted by Crippen LogP contribution is 2.19. The van der Waals surface area contributed by atoms with Crippen molar-refractivity contribution in [3.63, 3.8) is 0 Å². The van der Waals surface area contributed by atoms with Gasteiger partial charge in [0.2, 0.25) is 0 Å². The van der Waals surface area contributed by atoms with Gasteiger partial charge in [0.15, 0.2) is 0 Å². The lowest BCUT2D eigenvalue weighted by Crippen LogP contribution is -2.30. The number of piperidine rings is 1. The summed E-state index contributed by atoms with van der Waals surface area (Å²) < 4.78 is 1.63. The second-order valence-electron chi connectivity index (χ2n) is 5.43. The van der Waals surface area contributed by atoms with E-state index in [1.165, 1.54) is 19.3 Å². The zero-order chi connectivity index (χ0) is 15.4. The number of nitrogens with one attached hydrogen (secondary N) is 2. The van der Waals surface area contributed by atoms with E-state index in [2.05, 4.69) is 25.6 Å². The number of carbonyl (C=O) groups is 1. The maximum absolute atomic E-state index is 11.9. The van der Waals surface area contributed by atoms with Gasteiger partial charge in [-0.2, -0.15) is 5.10 Å². The summed E-state index contributed by atoms with van der Waals surface area (Å²) in [5, 5.41) is 9.48. The number of carbonyl (C=O) groups excluding carboxylic acids is 1. The van der Waals surface area contributed by atoms with Crippen LogP contribution in [-0.2, 0) is 7.05 Å². The Kier molecular flexibility index (Phi) is 4.22. The molecule has 2 aromatic rings. The molecule has 3 heterocycles. The fourth-order valence-corrected chi connectivity index (χ4v) is 2.55. The Morgan fingerprint density at radius 3 is 2.50 bits per heavy atom. The van der Waals surface area contributed by atoms with E-state index in [0.29, 0.717) is 11.4 Å². The molecule has 7 nitrogen and oxygen atoms in total. The summed E-state index contributed by atoms with van der Waals surface area (Å²) >= 11 is 0. The molecule has 1 aliphatic rings. The van der Waals surface area contributed by atoms with Crippen LogP contribution in [0.25, 0.3) is 0 Å². The molecule has 1 saturated heterocycles. The zero-order valence-electron chi connectivity index (χ0n) is 12.6. The van der Waals surface area contributed by atoms with Crippen LogP contribution in [0.3, 0.4) is 0 Å². The van der Waals surface area contributed by atoms with Gasteiger partial charge in [-0.1, -0.05) is 0 Å². The molecule has 0 saturated carbocycles. The van der Waals surface area contributed by atoms with Crippen LogP contribution in [0.5, 0.6) is 0 Å². The third kappa shape index (κ3) is 3.55. The molecule has 0 aromatic carbocycles. The number of aromatic nitrogens is 3. The molecular formula is C15H20N6O. The third-order valence-electron chi connectivity index (χ3n) is 3.65. The average molecular weight is 300 g/mol. The Bertz CT molecular complexity index is 630. The van der Waals surface area contributed by atoms with Gasteiger partial charge in [0.05, 0.1) is 23.8 Å². The summed E-state index contributed by atoms with van der Waals surface area (Å²) in [5.41, 5.74) is 1.32. The Hall–Kier alpha value is -2.57. The first-order valence-electron chi connectivity index (χ1n) is 7.48. The van der Waals surface area contributed by atoms with Crippen molar-refractivity contribution in [1.29, 1.82) is 0 Å². The van der Waals surface area contributed by atoms with Gasteiger partial charge >= 0.3 is 6.03 Å². The lowest BCUT2D eigenvalue weighted by Gasteiger charge is -2.27. The van der Waals surface area contributed by atoms with Crippen molar-refractivity contribution in [1.82, 2.24) is 14.8 Å². The third-order valence-corrected chi connectivity index (χ3v) is 3.65. The number of anilines is 3. The van der Waals surface area contributed by atoms with E-state index in [1.54, 1.807) is 30.3 Å². The van der Waals surface area contributed by atoms with Crippen molar-refractivity contribution in [3.8, 4) is 0 Å². The highest BCUT2D eigenvalue weighted by molar-refractivity contribution is 5.99. The van der Waals surface area contributed by atoms with E-state index in [-0.39, 0.29) is 6.03 Å². The monoisotopic (exact) mass is 300 g/mol. The molecule has 2 N–H and O–H groups in total. The van der Waals surface area contributed by atoms with E-state index in [4.69, 9.17) is 0 Å². The number of hydrogen-bond acceptors (Lipinski definition) is 4. The number of amides is 2. The van der Waals surface area contributed by atoms with Crippen molar-refractivity contribution < 1.29 is 4.79 Å². The van der Waals surface area contributed by atoms with Gasteiger partial charge in [-0.05, 0) is 31.4 Å². The highest BCUT2D eigenvalue weighted by Gasteiger charge is 2.12. The minimum absolute atomic E-state index is 0.305. The molecule has 3 rings (SSSR count). The molecule has 0 spiro atoms. The Labute approximate surface area is 129 Å². The lowest BCUT2D eigenvalue weighted by atomic mass is 10.1. The second-order valence-corrected chi connectivity index (χ2v) is 5.43. The van der Waals surface area contributed by atoms with Crippen LogP contribution in [0.1, 0.15) is 19.3 Å². The van der Waals surface area contributed by atoms with Crippen molar-refractivity contribution in [2.45, 2.75) is 19.3 Å². The van der Waals surface area contributed by atoms with Gasteiger partial charge in [-0.3, -0.25) is 4.68 Å². The van der Waals surface area contributed by atoms with Crippen molar-refractivity contribution >= 4 is 23.2 Å². The number of rotatable bonds is 3. The summed E-state index contributed by atoms with van der Waals surface area (Å²) in [6.07, 6.45) is 8.75. The molecular weight excluding hydrogens is 280 g/mol. The largest absolute Gasteiger partial charge is 0.357 e. The molecule has 0 radical (unpaired) electrons. The predicted octanol–water partition coefficient (Wildman–Crippen LogP) is 2.45. The number of urea groups is 1. The number of hydrogen-bond donors (Lipinski definition) is 2. The molecule has 22 heavy (non-hydrogen) atoms. The van der Waals surface area contributed by atoms with Gasteiger partial charge in [0.1, 0.15) is 5.82 Å². The smallest absolute Gasteiger partial charge is 0.323 e. The van der Waals surface area contributed by atoms with E-state index in [1.807, 2.05) is 12.1 Å². The van der Waals surface area contributed by atoms with Crippen LogP contribution >= 0.6 is 0 Å². The molecule has 2 aromatic heterocycles. The molecule has 2 amide bonds. The second kappa shape index (κ2) is 6.46. The van der Waals surface area contributed by atoms with Crippen LogP contribution in [0, 0.1) is 0 Å². The van der Waals surface area contributed by atoms with Crippen molar-refractivity contribution in [2.24, 2.45) is 7.05 Å². The molecule has 0 atom stereocenters. The molecule has 0 aliphatic carbocycles. The van der Waals surface area contributed by atoms with Gasteiger partial charge in [-0.15, -0.1) is 0 Å². The van der Waals surface area contributed by atoms with Gasteiger partial charge < -0.3 is 15.5 Å². The maximum atomic E-state index is 11.9. The van der Waals surface area contributed by atoms with Crippen molar-refractivity contribution in [3.05, 3.63) is 30.7 Å². The summed E-state index contributed by atoms with van der Waals surface area (Å²) in [4.78, 5) is 18.6. The van der Waals surface area contributed by atoms with E-state index in [9.17, 15) is 4.79 Å². The summed E-state index contributed by atoms with van der Waals surface area (Å²) in [7, 11) is 1.80. The van der Waals surface area contributed by atoms with Gasteiger partial charge in [-0.25, -0.2) is 9.78 Å². The standard InChI is InChI=1S/C15H20N6O/c1-20-11-13(10-17-20)19-15(22)18-12-5-6-14(16-9-12)21-7-3-2-4-8-21/h5-6,9-11H,2-4,7-8H2,1H3,(H2,18,19,22). The quantitative estimate of drug-likeness (QED) is 0.913. The van der Waals surface area contributed by atoms with Gasteiger partial charge in [0, 0.05) is 26.3 Å². The SMILES string of the molecule is Cn1cc(NC(=O)Nc2ccc(N3CCCCC3)nc2)cn1. The minimum Gasteiger partial charge on any atom is -0.357 e. The normalized spacial score (nSPS) is 14.7. The average Bonchev–Trinajstić information content (AvgIpc) is 2.94. The first kappa shape index (κ1) is 14.4.